The van der Waals surface area contributed by atoms with Gasteiger partial charge >= 0.3 is 5.97 Å². The number of carbonyl (C=O) groups is 1. The number of rotatable bonds is 3. The zero-order valence-corrected chi connectivity index (χ0v) is 15.6. The summed E-state index contributed by atoms with van der Waals surface area (Å²) in [6, 6.07) is 5.33. The average molecular weight is 388 g/mol. The number of aromatic nitrogens is 5. The number of anilines is 1. The summed E-state index contributed by atoms with van der Waals surface area (Å²) >= 11 is 6.25. The quantitative estimate of drug-likeness (QED) is 0.648. The van der Waals surface area contributed by atoms with Crippen LogP contribution in [0.3, 0.4) is 0 Å². The number of H-pyrrole nitrogens is 1. The third-order valence-electron chi connectivity index (χ3n) is 4.59. The van der Waals surface area contributed by atoms with Crippen molar-refractivity contribution in [1.82, 2.24) is 30.7 Å². The van der Waals surface area contributed by atoms with Gasteiger partial charge in [0.25, 0.3) is 0 Å². The predicted molar refractivity (Wildman–Crippen MR) is 101 cm³/mol. The molecule has 1 unspecified atom stereocenters. The number of benzene rings is 1. The lowest BCUT2D eigenvalue weighted by Gasteiger charge is -2.33. The first-order chi connectivity index (χ1) is 13.1. The first-order valence-electron chi connectivity index (χ1n) is 8.48. The van der Waals surface area contributed by atoms with E-state index in [9.17, 15) is 4.79 Å². The summed E-state index contributed by atoms with van der Waals surface area (Å²) in [6.07, 6.45) is 0. The average Bonchev–Trinajstić information content (AvgIpc) is 3.08. The third kappa shape index (κ3) is 3.31. The molecule has 9 nitrogen and oxygen atoms in total. The number of nitrogens with zero attached hydrogens (tertiary/aromatic N) is 5. The molecule has 0 amide bonds. The Balaban J connectivity index is 1.68. The van der Waals surface area contributed by atoms with Crippen LogP contribution in [0.4, 0.5) is 5.82 Å². The second-order valence-electron chi connectivity index (χ2n) is 6.31. The van der Waals surface area contributed by atoms with E-state index in [1.165, 1.54) is 7.11 Å². The van der Waals surface area contributed by atoms with E-state index in [1.54, 1.807) is 0 Å². The Bertz CT molecular complexity index is 1010. The Labute approximate surface area is 160 Å². The largest absolute Gasteiger partial charge is 0.468 e. The fourth-order valence-electron chi connectivity index (χ4n) is 3.15. The lowest BCUT2D eigenvalue weighted by atomic mass is 10.1. The molecule has 1 atom stereocenters. The molecule has 10 heteroatoms. The number of methoxy groups -OCH3 is 1. The number of hydrogen-bond donors (Lipinski definition) is 2. The van der Waals surface area contributed by atoms with Crippen LogP contribution in [0, 0.1) is 6.92 Å². The molecular formula is C17H18ClN7O2. The van der Waals surface area contributed by atoms with Gasteiger partial charge in [0.2, 0.25) is 0 Å². The highest BCUT2D eigenvalue weighted by atomic mass is 35.5. The van der Waals surface area contributed by atoms with Crippen molar-refractivity contribution < 1.29 is 9.53 Å². The monoisotopic (exact) mass is 387 g/mol. The molecule has 0 bridgehead atoms. The van der Waals surface area contributed by atoms with E-state index >= 15 is 0 Å². The highest BCUT2D eigenvalue weighted by Crippen LogP contribution is 2.27. The van der Waals surface area contributed by atoms with Crippen LogP contribution >= 0.6 is 11.6 Å². The number of aromatic amines is 1. The van der Waals surface area contributed by atoms with Crippen LogP contribution in [0.25, 0.3) is 22.3 Å². The topological polar surface area (TPSA) is 109 Å². The molecule has 0 aliphatic carbocycles. The highest BCUT2D eigenvalue weighted by molar-refractivity contribution is 6.31. The normalized spacial score (nSPS) is 17.3. The maximum atomic E-state index is 11.8. The van der Waals surface area contributed by atoms with Gasteiger partial charge in [0, 0.05) is 36.3 Å². The summed E-state index contributed by atoms with van der Waals surface area (Å²) in [6.45, 7) is 3.60. The number of ether oxygens (including phenoxy) is 1. The van der Waals surface area contributed by atoms with Crippen molar-refractivity contribution in [2.75, 3.05) is 31.6 Å². The molecule has 0 radical (unpaired) electrons. The van der Waals surface area contributed by atoms with Crippen LogP contribution in [0.15, 0.2) is 18.2 Å². The molecule has 2 N–H and O–H groups in total. The van der Waals surface area contributed by atoms with Crippen LogP contribution in [-0.2, 0) is 9.53 Å². The van der Waals surface area contributed by atoms with E-state index in [2.05, 4.69) is 30.7 Å². The molecule has 3 aromatic rings. The van der Waals surface area contributed by atoms with E-state index in [-0.39, 0.29) is 11.1 Å². The number of piperazine rings is 1. The van der Waals surface area contributed by atoms with Crippen LogP contribution in [0.5, 0.6) is 0 Å². The standard InChI is InChI=1S/C17H18ClN7O2/c1-9-11-7-10(3-4-12(11)22-21-9)15-20-16(14(18)23-24-15)25-6-5-19-13(8-25)17(26)27-2/h3-4,7,13,19H,5-6,8H2,1-2H3,(H,21,22). The fraction of sp³-hybridized carbons (Fsp3) is 0.353. The summed E-state index contributed by atoms with van der Waals surface area (Å²) in [5, 5.41) is 19.7. The van der Waals surface area contributed by atoms with Gasteiger partial charge < -0.3 is 15.0 Å². The molecular weight excluding hydrogens is 370 g/mol. The Morgan fingerprint density at radius 2 is 2.22 bits per heavy atom. The molecule has 1 aliphatic rings. The number of fused-ring (bicyclic) bond motifs is 1. The minimum Gasteiger partial charge on any atom is -0.468 e. The highest BCUT2D eigenvalue weighted by Gasteiger charge is 2.28. The zero-order valence-electron chi connectivity index (χ0n) is 14.9. The van der Waals surface area contributed by atoms with E-state index in [0.29, 0.717) is 31.3 Å². The van der Waals surface area contributed by atoms with Gasteiger partial charge in [-0.15, -0.1) is 10.2 Å². The van der Waals surface area contributed by atoms with Crippen LogP contribution in [-0.4, -0.2) is 64.1 Å². The minimum absolute atomic E-state index is 0.199. The maximum absolute atomic E-state index is 11.8. The van der Waals surface area contributed by atoms with Gasteiger partial charge in [0.05, 0.1) is 12.6 Å². The number of nitrogens with one attached hydrogen (secondary N) is 2. The first-order valence-corrected chi connectivity index (χ1v) is 8.86. The smallest absolute Gasteiger partial charge is 0.324 e. The molecule has 1 fully saturated rings. The number of halogens is 1. The summed E-state index contributed by atoms with van der Waals surface area (Å²) in [4.78, 5) is 18.4. The third-order valence-corrected chi connectivity index (χ3v) is 4.84. The minimum atomic E-state index is -0.442. The van der Waals surface area contributed by atoms with Gasteiger partial charge in [-0.2, -0.15) is 5.10 Å². The Morgan fingerprint density at radius 1 is 1.37 bits per heavy atom. The number of esters is 1. The van der Waals surface area contributed by atoms with Gasteiger partial charge in [0.15, 0.2) is 16.8 Å². The van der Waals surface area contributed by atoms with Crippen molar-refractivity contribution in [3.8, 4) is 11.4 Å². The first kappa shape index (κ1) is 17.6. The summed E-state index contributed by atoms with van der Waals surface area (Å²) in [5.41, 5.74) is 2.66. The second-order valence-corrected chi connectivity index (χ2v) is 6.66. The molecule has 140 valence electrons. The van der Waals surface area contributed by atoms with Gasteiger partial charge in [0.1, 0.15) is 6.04 Å². The molecule has 27 heavy (non-hydrogen) atoms. The molecule has 4 rings (SSSR count). The number of carbonyl (C=O) groups excluding carboxylic acids is 1. The predicted octanol–water partition coefficient (Wildman–Crippen LogP) is 1.33. The molecule has 1 aliphatic heterocycles. The van der Waals surface area contributed by atoms with Crippen molar-refractivity contribution in [2.45, 2.75) is 13.0 Å². The summed E-state index contributed by atoms with van der Waals surface area (Å²) in [5.74, 6) is 0.644. The number of aryl methyl sites for hydroxylation is 1. The van der Waals surface area contributed by atoms with Crippen molar-refractivity contribution in [3.05, 3.63) is 29.0 Å². The van der Waals surface area contributed by atoms with E-state index < -0.39 is 6.04 Å². The van der Waals surface area contributed by atoms with Crippen molar-refractivity contribution in [3.63, 3.8) is 0 Å². The van der Waals surface area contributed by atoms with Crippen LogP contribution in [0.2, 0.25) is 5.15 Å². The van der Waals surface area contributed by atoms with Crippen molar-refractivity contribution >= 4 is 34.3 Å². The lowest BCUT2D eigenvalue weighted by Crippen LogP contribution is -2.55. The van der Waals surface area contributed by atoms with Gasteiger partial charge in [-0.3, -0.25) is 9.89 Å². The second kappa shape index (κ2) is 7.09. The molecule has 0 spiro atoms. The molecule has 1 aromatic carbocycles. The van der Waals surface area contributed by atoms with Gasteiger partial charge in [-0.25, -0.2) is 4.98 Å². The molecule has 3 heterocycles. The van der Waals surface area contributed by atoms with E-state index in [1.807, 2.05) is 30.0 Å². The summed E-state index contributed by atoms with van der Waals surface area (Å²) < 4.78 is 4.82. The van der Waals surface area contributed by atoms with Crippen LogP contribution in [0.1, 0.15) is 5.69 Å². The van der Waals surface area contributed by atoms with Crippen LogP contribution < -0.4 is 10.2 Å². The Kier molecular flexibility index (Phi) is 4.63. The van der Waals surface area contributed by atoms with E-state index in [4.69, 9.17) is 16.3 Å². The molecule has 2 aromatic heterocycles. The van der Waals surface area contributed by atoms with Crippen molar-refractivity contribution in [1.29, 1.82) is 0 Å². The molecule has 0 saturated carbocycles. The zero-order chi connectivity index (χ0) is 19.0. The lowest BCUT2D eigenvalue weighted by molar-refractivity contribution is -0.143. The SMILES string of the molecule is COC(=O)C1CN(c2nc(-c3ccc4n[nH]c(C)c4c3)nnc2Cl)CCN1. The van der Waals surface area contributed by atoms with Crippen molar-refractivity contribution in [2.24, 2.45) is 0 Å². The fourth-order valence-corrected chi connectivity index (χ4v) is 3.35. The van der Waals surface area contributed by atoms with E-state index in [0.717, 1.165) is 22.2 Å². The number of hydrogen-bond acceptors (Lipinski definition) is 8. The van der Waals surface area contributed by atoms with Gasteiger partial charge in [-0.1, -0.05) is 11.6 Å². The Hall–Kier alpha value is -2.78. The maximum Gasteiger partial charge on any atom is 0.324 e. The Morgan fingerprint density at radius 3 is 3.04 bits per heavy atom. The summed E-state index contributed by atoms with van der Waals surface area (Å²) in [7, 11) is 1.37. The van der Waals surface area contributed by atoms with Gasteiger partial charge in [-0.05, 0) is 25.1 Å². The molecule has 1 saturated heterocycles.